The number of nitrogens with zero attached hydrogens (tertiary/aromatic N) is 1. The molecular weight excluding hydrogens is 367 g/mol. The van der Waals surface area contributed by atoms with E-state index in [-0.39, 0.29) is 0 Å². The van der Waals surface area contributed by atoms with Crippen LogP contribution in [-0.2, 0) is 13.2 Å². The minimum Gasteiger partial charge on any atom is -0.488 e. The van der Waals surface area contributed by atoms with Crippen molar-refractivity contribution in [1.29, 1.82) is 0 Å². The Morgan fingerprint density at radius 1 is 0.962 bits per heavy atom. The Bertz CT molecular complexity index is 655. The fourth-order valence-corrected chi connectivity index (χ4v) is 3.31. The van der Waals surface area contributed by atoms with Crippen molar-refractivity contribution < 1.29 is 4.74 Å². The maximum Gasteiger partial charge on any atom is 0.124 e. The highest BCUT2D eigenvalue weighted by atomic mass is 35.5. The van der Waals surface area contributed by atoms with Crippen LogP contribution in [0, 0.1) is 0 Å². The van der Waals surface area contributed by atoms with Gasteiger partial charge in [0.05, 0.1) is 0 Å². The topological polar surface area (TPSA) is 24.5 Å². The van der Waals surface area contributed by atoms with Gasteiger partial charge in [0.2, 0.25) is 0 Å². The van der Waals surface area contributed by atoms with E-state index in [2.05, 4.69) is 30.1 Å². The number of nitrogens with one attached hydrogen (secondary N) is 1. The number of benzene rings is 2. The number of ether oxygens (including phenoxy) is 1. The molecule has 0 saturated carbocycles. The lowest BCUT2D eigenvalue weighted by molar-refractivity contribution is 0.295. The summed E-state index contributed by atoms with van der Waals surface area (Å²) in [6.07, 6.45) is 1.14. The molecule has 0 amide bonds. The van der Waals surface area contributed by atoms with Crippen LogP contribution in [-0.4, -0.2) is 31.1 Å². The summed E-state index contributed by atoms with van der Waals surface area (Å²) < 4.78 is 6.00. The summed E-state index contributed by atoms with van der Waals surface area (Å²) in [5.74, 6) is 0.861. The van der Waals surface area contributed by atoms with Gasteiger partial charge in [-0.3, -0.25) is 0 Å². The Balaban J connectivity index is 1.85. The van der Waals surface area contributed by atoms with Gasteiger partial charge in [-0.05, 0) is 50.8 Å². The van der Waals surface area contributed by atoms with Crippen molar-refractivity contribution in [3.63, 3.8) is 0 Å². The van der Waals surface area contributed by atoms with E-state index < -0.39 is 0 Å². The minimum absolute atomic E-state index is 0.359. The average molecular weight is 395 g/mol. The van der Waals surface area contributed by atoms with Crippen molar-refractivity contribution in [3.05, 3.63) is 63.6 Å². The summed E-state index contributed by atoms with van der Waals surface area (Å²) in [6, 6.07) is 13.6. The molecule has 0 heterocycles. The van der Waals surface area contributed by atoms with Crippen molar-refractivity contribution in [1.82, 2.24) is 10.2 Å². The molecule has 5 heteroatoms. The van der Waals surface area contributed by atoms with Crippen molar-refractivity contribution in [3.8, 4) is 5.75 Å². The molecule has 2 rings (SSSR count). The highest BCUT2D eigenvalue weighted by Crippen LogP contribution is 2.27. The number of para-hydroxylation sites is 1. The second kappa shape index (κ2) is 11.5. The SMILES string of the molecule is CCN(CC)CCCNCc1ccccc1OCc1c(Cl)cccc1Cl. The number of hydrogen-bond acceptors (Lipinski definition) is 3. The molecule has 0 aromatic heterocycles. The summed E-state index contributed by atoms with van der Waals surface area (Å²) >= 11 is 12.4. The van der Waals surface area contributed by atoms with Crippen molar-refractivity contribution >= 4 is 23.2 Å². The smallest absolute Gasteiger partial charge is 0.124 e. The minimum atomic E-state index is 0.359. The third-order valence-corrected chi connectivity index (χ3v) is 5.15. The summed E-state index contributed by atoms with van der Waals surface area (Å²) in [5.41, 5.74) is 1.95. The Labute approximate surface area is 167 Å². The van der Waals surface area contributed by atoms with Gasteiger partial charge in [-0.1, -0.05) is 61.3 Å². The van der Waals surface area contributed by atoms with E-state index in [4.69, 9.17) is 27.9 Å². The van der Waals surface area contributed by atoms with Gasteiger partial charge in [-0.15, -0.1) is 0 Å². The van der Waals surface area contributed by atoms with Gasteiger partial charge in [0, 0.05) is 27.7 Å². The number of hydrogen-bond donors (Lipinski definition) is 1. The van der Waals surface area contributed by atoms with E-state index >= 15 is 0 Å². The maximum atomic E-state index is 6.22. The summed E-state index contributed by atoms with van der Waals surface area (Å²) in [6.45, 7) is 9.88. The lowest BCUT2D eigenvalue weighted by atomic mass is 10.2. The van der Waals surface area contributed by atoms with Gasteiger partial charge < -0.3 is 15.0 Å². The normalized spacial score (nSPS) is 11.1. The van der Waals surface area contributed by atoms with E-state index in [0.29, 0.717) is 16.7 Å². The predicted octanol–water partition coefficient (Wildman–Crippen LogP) is 5.39. The molecule has 0 saturated heterocycles. The molecule has 0 aliphatic carbocycles. The fourth-order valence-electron chi connectivity index (χ4n) is 2.80. The third-order valence-electron chi connectivity index (χ3n) is 4.44. The molecule has 0 bridgehead atoms. The molecule has 1 N–H and O–H groups in total. The molecule has 0 aliphatic rings. The molecule has 0 unspecified atom stereocenters. The Morgan fingerprint density at radius 2 is 1.65 bits per heavy atom. The molecule has 142 valence electrons. The van der Waals surface area contributed by atoms with E-state index in [1.807, 2.05) is 36.4 Å². The average Bonchev–Trinajstić information content (AvgIpc) is 2.65. The Kier molecular flexibility index (Phi) is 9.27. The number of rotatable bonds is 11. The highest BCUT2D eigenvalue weighted by molar-refractivity contribution is 6.35. The molecule has 0 radical (unpaired) electrons. The zero-order valence-corrected chi connectivity index (χ0v) is 17.1. The first-order chi connectivity index (χ1) is 12.7. The van der Waals surface area contributed by atoms with Gasteiger partial charge in [-0.25, -0.2) is 0 Å². The second-order valence-electron chi connectivity index (χ2n) is 6.15. The molecule has 0 aliphatic heterocycles. The van der Waals surface area contributed by atoms with E-state index in [0.717, 1.165) is 56.0 Å². The lowest BCUT2D eigenvalue weighted by Gasteiger charge is -2.18. The fraction of sp³-hybridized carbons (Fsp3) is 0.429. The van der Waals surface area contributed by atoms with Crippen LogP contribution >= 0.6 is 23.2 Å². The zero-order valence-electron chi connectivity index (χ0n) is 15.6. The van der Waals surface area contributed by atoms with Crippen LogP contribution in [0.2, 0.25) is 10.0 Å². The molecule has 2 aromatic carbocycles. The highest BCUT2D eigenvalue weighted by Gasteiger charge is 2.08. The molecular formula is C21H28Cl2N2O. The van der Waals surface area contributed by atoms with Crippen LogP contribution in [0.4, 0.5) is 0 Å². The van der Waals surface area contributed by atoms with Crippen molar-refractivity contribution in [2.24, 2.45) is 0 Å². The van der Waals surface area contributed by atoms with Crippen LogP contribution in [0.3, 0.4) is 0 Å². The van der Waals surface area contributed by atoms with Crippen molar-refractivity contribution in [2.45, 2.75) is 33.4 Å². The molecule has 26 heavy (non-hydrogen) atoms. The quantitative estimate of drug-likeness (QED) is 0.516. The Hall–Kier alpha value is -1.26. The maximum absolute atomic E-state index is 6.22. The Morgan fingerprint density at radius 3 is 2.35 bits per heavy atom. The predicted molar refractivity (Wildman–Crippen MR) is 111 cm³/mol. The van der Waals surface area contributed by atoms with E-state index in [1.54, 1.807) is 0 Å². The summed E-state index contributed by atoms with van der Waals surface area (Å²) in [7, 11) is 0. The zero-order chi connectivity index (χ0) is 18.8. The largest absolute Gasteiger partial charge is 0.488 e. The van der Waals surface area contributed by atoms with Gasteiger partial charge >= 0.3 is 0 Å². The molecule has 0 atom stereocenters. The van der Waals surface area contributed by atoms with Crippen LogP contribution in [0.5, 0.6) is 5.75 Å². The van der Waals surface area contributed by atoms with Crippen LogP contribution < -0.4 is 10.1 Å². The van der Waals surface area contributed by atoms with Crippen LogP contribution in [0.15, 0.2) is 42.5 Å². The van der Waals surface area contributed by atoms with E-state index in [9.17, 15) is 0 Å². The second-order valence-corrected chi connectivity index (χ2v) is 6.97. The van der Waals surface area contributed by atoms with Crippen LogP contribution in [0.1, 0.15) is 31.4 Å². The molecule has 3 nitrogen and oxygen atoms in total. The molecule has 2 aromatic rings. The van der Waals surface area contributed by atoms with Gasteiger partial charge in [0.15, 0.2) is 0 Å². The van der Waals surface area contributed by atoms with Gasteiger partial charge in [0.1, 0.15) is 12.4 Å². The van der Waals surface area contributed by atoms with Gasteiger partial charge in [0.25, 0.3) is 0 Å². The molecule has 0 fully saturated rings. The monoisotopic (exact) mass is 394 g/mol. The summed E-state index contributed by atoms with van der Waals surface area (Å²) in [5, 5.41) is 4.77. The van der Waals surface area contributed by atoms with E-state index in [1.165, 1.54) is 0 Å². The van der Waals surface area contributed by atoms with Gasteiger partial charge in [-0.2, -0.15) is 0 Å². The van der Waals surface area contributed by atoms with Crippen molar-refractivity contribution in [2.75, 3.05) is 26.2 Å². The lowest BCUT2D eigenvalue weighted by Crippen LogP contribution is -2.27. The van der Waals surface area contributed by atoms with Crippen LogP contribution in [0.25, 0.3) is 0 Å². The molecule has 0 spiro atoms. The standard InChI is InChI=1S/C21H28Cl2N2O/c1-3-25(4-2)14-8-13-24-15-17-9-5-6-12-21(17)26-16-18-19(22)10-7-11-20(18)23/h5-7,9-12,24H,3-4,8,13-16H2,1-2H3. The third kappa shape index (κ3) is 6.48. The summed E-state index contributed by atoms with van der Waals surface area (Å²) in [4.78, 5) is 2.44. The first kappa shape index (κ1) is 21.0. The first-order valence-corrected chi connectivity index (χ1v) is 9.98. The number of halogens is 2. The first-order valence-electron chi connectivity index (χ1n) is 9.22.